The zero-order valence-corrected chi connectivity index (χ0v) is 16.6. The molecule has 0 bridgehead atoms. The highest BCUT2D eigenvalue weighted by Crippen LogP contribution is 2.24. The molecule has 1 N–H and O–H groups in total. The molecule has 1 fully saturated rings. The summed E-state index contributed by atoms with van der Waals surface area (Å²) in [5, 5.41) is 11.0. The first-order chi connectivity index (χ1) is 14.1. The van der Waals surface area contributed by atoms with Gasteiger partial charge in [0.1, 0.15) is 5.75 Å². The number of aromatic nitrogens is 2. The molecule has 1 saturated heterocycles. The van der Waals surface area contributed by atoms with E-state index in [4.69, 9.17) is 9.47 Å². The number of para-hydroxylation sites is 2. The Morgan fingerprint density at radius 2 is 1.76 bits per heavy atom. The van der Waals surface area contributed by atoms with Gasteiger partial charge < -0.3 is 24.6 Å². The van der Waals surface area contributed by atoms with Crippen molar-refractivity contribution in [1.82, 2.24) is 15.1 Å². The maximum atomic E-state index is 12.5. The SMILES string of the molecule is CCOC(=O)N1CCN(c2ccc(C(=O)Nc3ccccc3OCC)nn2)CC1. The van der Waals surface area contributed by atoms with Gasteiger partial charge in [-0.3, -0.25) is 4.79 Å². The molecule has 0 saturated carbocycles. The highest BCUT2D eigenvalue weighted by atomic mass is 16.6. The van der Waals surface area contributed by atoms with Gasteiger partial charge in [-0.25, -0.2) is 4.79 Å². The van der Waals surface area contributed by atoms with E-state index in [9.17, 15) is 9.59 Å². The van der Waals surface area contributed by atoms with E-state index in [1.165, 1.54) is 0 Å². The van der Waals surface area contributed by atoms with E-state index in [1.54, 1.807) is 36.1 Å². The Morgan fingerprint density at radius 1 is 1.00 bits per heavy atom. The Balaban J connectivity index is 1.59. The van der Waals surface area contributed by atoms with Gasteiger partial charge in [-0.1, -0.05) is 12.1 Å². The molecule has 0 aliphatic carbocycles. The van der Waals surface area contributed by atoms with Crippen molar-refractivity contribution in [3.63, 3.8) is 0 Å². The molecule has 1 aliphatic heterocycles. The fourth-order valence-electron chi connectivity index (χ4n) is 2.99. The third kappa shape index (κ3) is 5.13. The number of rotatable bonds is 6. The van der Waals surface area contributed by atoms with Crippen LogP contribution in [0.4, 0.5) is 16.3 Å². The highest BCUT2D eigenvalue weighted by molar-refractivity contribution is 6.03. The number of piperazine rings is 1. The van der Waals surface area contributed by atoms with E-state index in [-0.39, 0.29) is 17.7 Å². The van der Waals surface area contributed by atoms with Crippen LogP contribution in [-0.4, -0.2) is 66.5 Å². The molecule has 154 valence electrons. The molecule has 29 heavy (non-hydrogen) atoms. The molecule has 1 aliphatic rings. The number of hydrogen-bond donors (Lipinski definition) is 1. The average molecular weight is 399 g/mol. The van der Waals surface area contributed by atoms with Gasteiger partial charge in [-0.2, -0.15) is 0 Å². The lowest BCUT2D eigenvalue weighted by Crippen LogP contribution is -2.49. The van der Waals surface area contributed by atoms with E-state index in [1.807, 2.05) is 24.0 Å². The van der Waals surface area contributed by atoms with Gasteiger partial charge in [0.25, 0.3) is 5.91 Å². The molecule has 2 aromatic rings. The van der Waals surface area contributed by atoms with Crippen LogP contribution in [0.2, 0.25) is 0 Å². The fourth-order valence-corrected chi connectivity index (χ4v) is 2.99. The smallest absolute Gasteiger partial charge is 0.409 e. The lowest BCUT2D eigenvalue weighted by atomic mass is 10.2. The summed E-state index contributed by atoms with van der Waals surface area (Å²) < 4.78 is 10.5. The Hall–Kier alpha value is -3.36. The zero-order valence-electron chi connectivity index (χ0n) is 16.6. The van der Waals surface area contributed by atoms with Crippen molar-refractivity contribution in [1.29, 1.82) is 0 Å². The minimum Gasteiger partial charge on any atom is -0.492 e. The Labute approximate surface area is 169 Å². The molecule has 0 atom stereocenters. The van der Waals surface area contributed by atoms with Crippen molar-refractivity contribution < 1.29 is 19.1 Å². The third-order valence-corrected chi connectivity index (χ3v) is 4.45. The molecule has 0 radical (unpaired) electrons. The molecular weight excluding hydrogens is 374 g/mol. The van der Waals surface area contributed by atoms with Crippen LogP contribution in [0.25, 0.3) is 0 Å². The van der Waals surface area contributed by atoms with E-state index in [0.29, 0.717) is 56.6 Å². The van der Waals surface area contributed by atoms with Crippen LogP contribution in [0.1, 0.15) is 24.3 Å². The molecule has 2 heterocycles. The summed E-state index contributed by atoms with van der Waals surface area (Å²) in [6.07, 6.45) is -0.294. The molecule has 0 unspecified atom stereocenters. The number of ether oxygens (including phenoxy) is 2. The van der Waals surface area contributed by atoms with Crippen LogP contribution in [0.3, 0.4) is 0 Å². The standard InChI is InChI=1S/C20H25N5O4/c1-3-28-17-8-6-5-7-15(17)21-19(26)16-9-10-18(23-22-16)24-11-13-25(14-12-24)20(27)29-4-2/h5-10H,3-4,11-14H2,1-2H3,(H,21,26). The second kappa shape index (κ2) is 9.72. The maximum Gasteiger partial charge on any atom is 0.409 e. The summed E-state index contributed by atoms with van der Waals surface area (Å²) in [7, 11) is 0. The van der Waals surface area contributed by atoms with Gasteiger partial charge in [-0.05, 0) is 38.1 Å². The summed E-state index contributed by atoms with van der Waals surface area (Å²) in [5.74, 6) is 0.913. The van der Waals surface area contributed by atoms with E-state index >= 15 is 0 Å². The molecule has 2 amide bonds. The number of nitrogens with one attached hydrogen (secondary N) is 1. The van der Waals surface area contributed by atoms with Gasteiger partial charge in [0.05, 0.1) is 18.9 Å². The summed E-state index contributed by atoms with van der Waals surface area (Å²) in [5.41, 5.74) is 0.797. The average Bonchev–Trinajstić information content (AvgIpc) is 2.76. The molecule has 0 spiro atoms. The predicted octanol–water partition coefficient (Wildman–Crippen LogP) is 2.41. The fraction of sp³-hybridized carbons (Fsp3) is 0.400. The molecule has 3 rings (SSSR count). The first-order valence-corrected chi connectivity index (χ1v) is 9.66. The van der Waals surface area contributed by atoms with Crippen LogP contribution < -0.4 is 15.0 Å². The van der Waals surface area contributed by atoms with Gasteiger partial charge in [-0.15, -0.1) is 10.2 Å². The third-order valence-electron chi connectivity index (χ3n) is 4.45. The number of anilines is 2. The van der Waals surface area contributed by atoms with Crippen molar-refractivity contribution >= 4 is 23.5 Å². The molecular formula is C20H25N5O4. The van der Waals surface area contributed by atoms with Crippen LogP contribution >= 0.6 is 0 Å². The van der Waals surface area contributed by atoms with Crippen molar-refractivity contribution in [3.05, 3.63) is 42.1 Å². The van der Waals surface area contributed by atoms with Crippen molar-refractivity contribution in [2.45, 2.75) is 13.8 Å². The minimum atomic E-state index is -0.358. The number of amides is 2. The van der Waals surface area contributed by atoms with Gasteiger partial charge in [0.15, 0.2) is 11.5 Å². The van der Waals surface area contributed by atoms with Crippen molar-refractivity contribution in [2.24, 2.45) is 0 Å². The first kappa shape index (κ1) is 20.4. The predicted molar refractivity (Wildman–Crippen MR) is 108 cm³/mol. The van der Waals surface area contributed by atoms with E-state index < -0.39 is 0 Å². The first-order valence-electron chi connectivity index (χ1n) is 9.66. The zero-order chi connectivity index (χ0) is 20.6. The summed E-state index contributed by atoms with van der Waals surface area (Å²) in [4.78, 5) is 28.0. The number of carbonyl (C=O) groups excluding carboxylic acids is 2. The van der Waals surface area contributed by atoms with E-state index in [2.05, 4.69) is 15.5 Å². The monoisotopic (exact) mass is 399 g/mol. The lowest BCUT2D eigenvalue weighted by Gasteiger charge is -2.34. The van der Waals surface area contributed by atoms with Crippen molar-refractivity contribution in [3.8, 4) is 5.75 Å². The Morgan fingerprint density at radius 3 is 2.41 bits per heavy atom. The number of hydrogen-bond acceptors (Lipinski definition) is 7. The number of carbonyl (C=O) groups is 2. The normalized spacial score (nSPS) is 13.7. The maximum absolute atomic E-state index is 12.5. The quantitative estimate of drug-likeness (QED) is 0.797. The summed E-state index contributed by atoms with van der Waals surface area (Å²) in [6, 6.07) is 10.6. The van der Waals surface area contributed by atoms with Gasteiger partial charge in [0.2, 0.25) is 0 Å². The summed E-state index contributed by atoms with van der Waals surface area (Å²) >= 11 is 0. The second-order valence-corrected chi connectivity index (χ2v) is 6.33. The van der Waals surface area contributed by atoms with Crippen LogP contribution in [0.5, 0.6) is 5.75 Å². The molecule has 1 aromatic heterocycles. The van der Waals surface area contributed by atoms with Crippen molar-refractivity contribution in [2.75, 3.05) is 49.6 Å². The van der Waals surface area contributed by atoms with E-state index in [0.717, 1.165) is 0 Å². The minimum absolute atomic E-state index is 0.213. The number of nitrogens with zero attached hydrogens (tertiary/aromatic N) is 4. The molecule has 1 aromatic carbocycles. The molecule has 9 nitrogen and oxygen atoms in total. The van der Waals surface area contributed by atoms with Crippen LogP contribution in [0, 0.1) is 0 Å². The second-order valence-electron chi connectivity index (χ2n) is 6.33. The van der Waals surface area contributed by atoms with Gasteiger partial charge >= 0.3 is 6.09 Å². The van der Waals surface area contributed by atoms with Crippen LogP contribution in [0.15, 0.2) is 36.4 Å². The van der Waals surface area contributed by atoms with Crippen LogP contribution in [-0.2, 0) is 4.74 Å². The lowest BCUT2D eigenvalue weighted by molar-refractivity contribution is 0.101. The topological polar surface area (TPSA) is 96.9 Å². The summed E-state index contributed by atoms with van der Waals surface area (Å²) in [6.45, 7) is 6.90. The van der Waals surface area contributed by atoms with Gasteiger partial charge in [0, 0.05) is 26.2 Å². The highest BCUT2D eigenvalue weighted by Gasteiger charge is 2.23. The molecule has 9 heteroatoms. The number of benzene rings is 1. The largest absolute Gasteiger partial charge is 0.492 e. The Bertz CT molecular complexity index is 835. The Kier molecular flexibility index (Phi) is 6.83.